The van der Waals surface area contributed by atoms with E-state index in [4.69, 9.17) is 0 Å². The molecule has 0 radical (unpaired) electrons. The summed E-state index contributed by atoms with van der Waals surface area (Å²) in [5.74, 6) is -3.55. The summed E-state index contributed by atoms with van der Waals surface area (Å²) in [5, 5.41) is 0.296. The number of carbonyl (C=O) groups is 3. The summed E-state index contributed by atoms with van der Waals surface area (Å²) in [6.07, 6.45) is -1.45. The van der Waals surface area contributed by atoms with Gasteiger partial charge in [0, 0.05) is 18.4 Å². The standard InChI is InChI=1S/C12H9F2NO5/c13-8-3-1-2-7(11(8)14)6-19-12(18)20-15-9(16)4-5-10(15)17/h1-3H,4-6H2. The molecule has 1 aliphatic rings. The molecule has 0 aliphatic carbocycles. The van der Waals surface area contributed by atoms with Crippen LogP contribution in [0.3, 0.4) is 0 Å². The zero-order chi connectivity index (χ0) is 14.7. The second-order valence-corrected chi connectivity index (χ2v) is 3.92. The van der Waals surface area contributed by atoms with Gasteiger partial charge in [-0.25, -0.2) is 13.6 Å². The highest BCUT2D eigenvalue weighted by atomic mass is 19.2. The molecule has 20 heavy (non-hydrogen) atoms. The van der Waals surface area contributed by atoms with Gasteiger partial charge in [0.15, 0.2) is 11.6 Å². The molecule has 0 unspecified atom stereocenters. The van der Waals surface area contributed by atoms with Crippen molar-refractivity contribution in [1.82, 2.24) is 5.06 Å². The number of amides is 2. The molecule has 0 bridgehead atoms. The maximum absolute atomic E-state index is 13.3. The third kappa shape index (κ3) is 2.90. The van der Waals surface area contributed by atoms with Crippen molar-refractivity contribution in [2.75, 3.05) is 0 Å². The van der Waals surface area contributed by atoms with Crippen molar-refractivity contribution in [3.8, 4) is 0 Å². The first-order valence-corrected chi connectivity index (χ1v) is 5.62. The van der Waals surface area contributed by atoms with Crippen molar-refractivity contribution in [3.63, 3.8) is 0 Å². The van der Waals surface area contributed by atoms with E-state index in [0.717, 1.165) is 6.07 Å². The maximum atomic E-state index is 13.3. The molecule has 2 rings (SSSR count). The Hall–Kier alpha value is -2.51. The van der Waals surface area contributed by atoms with Gasteiger partial charge in [-0.05, 0) is 6.07 Å². The number of rotatable bonds is 3. The molecule has 1 aromatic carbocycles. The van der Waals surface area contributed by atoms with Crippen LogP contribution in [0, 0.1) is 11.6 Å². The van der Waals surface area contributed by atoms with Gasteiger partial charge in [0.2, 0.25) is 0 Å². The Morgan fingerprint density at radius 2 is 1.85 bits per heavy atom. The molecule has 2 amide bonds. The molecule has 8 heteroatoms. The molecule has 1 aliphatic heterocycles. The molecule has 0 atom stereocenters. The first kappa shape index (κ1) is 13.9. The van der Waals surface area contributed by atoms with Gasteiger partial charge in [-0.1, -0.05) is 17.2 Å². The van der Waals surface area contributed by atoms with Crippen LogP contribution in [0.15, 0.2) is 18.2 Å². The van der Waals surface area contributed by atoms with Crippen molar-refractivity contribution < 1.29 is 32.7 Å². The van der Waals surface area contributed by atoms with Crippen molar-refractivity contribution in [3.05, 3.63) is 35.4 Å². The van der Waals surface area contributed by atoms with Gasteiger partial charge in [-0.15, -0.1) is 0 Å². The van der Waals surface area contributed by atoms with Crippen molar-refractivity contribution in [2.24, 2.45) is 0 Å². The number of imide groups is 1. The number of ether oxygens (including phenoxy) is 1. The Bertz CT molecular complexity index is 559. The molecule has 0 saturated carbocycles. The molecular formula is C12H9F2NO5. The zero-order valence-electron chi connectivity index (χ0n) is 10.1. The summed E-state index contributed by atoms with van der Waals surface area (Å²) in [7, 11) is 0. The summed E-state index contributed by atoms with van der Waals surface area (Å²) in [5.41, 5.74) is -0.193. The SMILES string of the molecule is O=C(OCc1cccc(F)c1F)ON1C(=O)CCC1=O. The molecule has 1 heterocycles. The van der Waals surface area contributed by atoms with Crippen LogP contribution in [0.5, 0.6) is 0 Å². The Balaban J connectivity index is 1.91. The average molecular weight is 285 g/mol. The summed E-state index contributed by atoms with van der Waals surface area (Å²) >= 11 is 0. The van der Waals surface area contributed by atoms with Crippen LogP contribution in [-0.2, 0) is 25.8 Å². The number of benzene rings is 1. The predicted octanol–water partition coefficient (Wildman–Crippen LogP) is 1.68. The van der Waals surface area contributed by atoms with E-state index in [-0.39, 0.29) is 18.4 Å². The fourth-order valence-corrected chi connectivity index (χ4v) is 1.56. The number of carbonyl (C=O) groups excluding carboxylic acids is 3. The Morgan fingerprint density at radius 1 is 1.20 bits per heavy atom. The first-order valence-electron chi connectivity index (χ1n) is 5.62. The van der Waals surface area contributed by atoms with Crippen LogP contribution in [-0.4, -0.2) is 23.0 Å². The molecule has 0 N–H and O–H groups in total. The van der Waals surface area contributed by atoms with Crippen LogP contribution in [0.25, 0.3) is 0 Å². The second-order valence-electron chi connectivity index (χ2n) is 3.92. The Morgan fingerprint density at radius 3 is 2.50 bits per heavy atom. The van der Waals surface area contributed by atoms with E-state index < -0.39 is 36.2 Å². The van der Waals surface area contributed by atoms with Crippen LogP contribution < -0.4 is 0 Å². The molecule has 1 saturated heterocycles. The van der Waals surface area contributed by atoms with Crippen LogP contribution in [0.1, 0.15) is 18.4 Å². The lowest BCUT2D eigenvalue weighted by Gasteiger charge is -2.12. The Labute approximate surface area is 111 Å². The van der Waals surface area contributed by atoms with E-state index in [2.05, 4.69) is 9.57 Å². The van der Waals surface area contributed by atoms with Gasteiger partial charge in [0.1, 0.15) is 6.61 Å². The minimum Gasteiger partial charge on any atom is -0.428 e. The minimum absolute atomic E-state index is 0.0510. The molecule has 0 spiro atoms. The number of hydrogen-bond donors (Lipinski definition) is 0. The van der Waals surface area contributed by atoms with Crippen molar-refractivity contribution >= 4 is 18.0 Å². The Kier molecular flexibility index (Phi) is 3.92. The lowest BCUT2D eigenvalue weighted by atomic mass is 10.2. The van der Waals surface area contributed by atoms with Gasteiger partial charge < -0.3 is 4.74 Å². The van der Waals surface area contributed by atoms with E-state index in [1.54, 1.807) is 0 Å². The van der Waals surface area contributed by atoms with Crippen LogP contribution >= 0.6 is 0 Å². The van der Waals surface area contributed by atoms with E-state index in [9.17, 15) is 23.2 Å². The molecular weight excluding hydrogens is 276 g/mol. The number of halogens is 2. The summed E-state index contributed by atoms with van der Waals surface area (Å²) in [6.45, 7) is -0.585. The minimum atomic E-state index is -1.35. The van der Waals surface area contributed by atoms with Crippen LogP contribution in [0.2, 0.25) is 0 Å². The molecule has 6 nitrogen and oxygen atoms in total. The number of hydroxylamine groups is 2. The highest BCUT2D eigenvalue weighted by Crippen LogP contribution is 2.15. The molecule has 1 aromatic rings. The summed E-state index contributed by atoms with van der Waals surface area (Å²) in [4.78, 5) is 37.9. The summed E-state index contributed by atoms with van der Waals surface area (Å²) in [6, 6.07) is 3.38. The fourth-order valence-electron chi connectivity index (χ4n) is 1.56. The van der Waals surface area contributed by atoms with E-state index in [0.29, 0.717) is 5.06 Å². The topological polar surface area (TPSA) is 72.9 Å². The van der Waals surface area contributed by atoms with Crippen LogP contribution in [0.4, 0.5) is 13.6 Å². The smallest absolute Gasteiger partial charge is 0.428 e. The van der Waals surface area contributed by atoms with Gasteiger partial charge in [-0.3, -0.25) is 14.4 Å². The molecule has 106 valence electrons. The van der Waals surface area contributed by atoms with E-state index in [1.165, 1.54) is 12.1 Å². The number of hydrogen-bond acceptors (Lipinski definition) is 5. The lowest BCUT2D eigenvalue weighted by molar-refractivity contribution is -0.177. The summed E-state index contributed by atoms with van der Waals surface area (Å²) < 4.78 is 30.7. The average Bonchev–Trinajstić information content (AvgIpc) is 2.72. The first-order chi connectivity index (χ1) is 9.49. The van der Waals surface area contributed by atoms with Gasteiger partial charge in [0.25, 0.3) is 11.8 Å². The third-order valence-corrected chi connectivity index (χ3v) is 2.55. The normalized spacial score (nSPS) is 14.6. The lowest BCUT2D eigenvalue weighted by Crippen LogP contribution is -2.32. The fraction of sp³-hybridized carbons (Fsp3) is 0.250. The zero-order valence-corrected chi connectivity index (χ0v) is 10.1. The largest absolute Gasteiger partial charge is 0.534 e. The van der Waals surface area contributed by atoms with Crippen molar-refractivity contribution in [1.29, 1.82) is 0 Å². The molecule has 0 aromatic heterocycles. The highest BCUT2D eigenvalue weighted by molar-refractivity contribution is 6.01. The third-order valence-electron chi connectivity index (χ3n) is 2.55. The predicted molar refractivity (Wildman–Crippen MR) is 58.7 cm³/mol. The van der Waals surface area contributed by atoms with Gasteiger partial charge >= 0.3 is 6.16 Å². The quantitative estimate of drug-likeness (QED) is 0.624. The second kappa shape index (κ2) is 5.64. The number of nitrogens with zero attached hydrogens (tertiary/aromatic N) is 1. The monoisotopic (exact) mass is 285 g/mol. The van der Waals surface area contributed by atoms with Crippen molar-refractivity contribution in [2.45, 2.75) is 19.4 Å². The highest BCUT2D eigenvalue weighted by Gasteiger charge is 2.33. The van der Waals surface area contributed by atoms with Gasteiger partial charge in [-0.2, -0.15) is 0 Å². The van der Waals surface area contributed by atoms with E-state index in [1.807, 2.05) is 0 Å². The maximum Gasteiger partial charge on any atom is 0.534 e. The molecule has 1 fully saturated rings. The van der Waals surface area contributed by atoms with E-state index >= 15 is 0 Å². The van der Waals surface area contributed by atoms with Gasteiger partial charge in [0.05, 0.1) is 0 Å².